The van der Waals surface area contributed by atoms with Gasteiger partial charge in [0.2, 0.25) is 0 Å². The van der Waals surface area contributed by atoms with E-state index in [4.69, 9.17) is 4.74 Å². The maximum atomic E-state index is 5.42. The molecule has 0 unspecified atom stereocenters. The van der Waals surface area contributed by atoms with Crippen LogP contribution in [0.4, 0.5) is 0 Å². The second-order valence-electron chi connectivity index (χ2n) is 7.67. The summed E-state index contributed by atoms with van der Waals surface area (Å²) in [4.78, 5) is 10.1. The number of H-pyrrole nitrogens is 1. The van der Waals surface area contributed by atoms with Crippen molar-refractivity contribution < 1.29 is 4.74 Å². The summed E-state index contributed by atoms with van der Waals surface area (Å²) in [6.45, 7) is 6.30. The van der Waals surface area contributed by atoms with Crippen LogP contribution in [-0.2, 0) is 24.2 Å². The van der Waals surface area contributed by atoms with Gasteiger partial charge in [-0.3, -0.25) is 9.89 Å². The number of aromatic amines is 1. The number of ether oxygens (including phenoxy) is 1. The van der Waals surface area contributed by atoms with Crippen LogP contribution in [0.2, 0.25) is 0 Å². The van der Waals surface area contributed by atoms with Gasteiger partial charge in [0.25, 0.3) is 0 Å². The summed E-state index contributed by atoms with van der Waals surface area (Å²) in [5.41, 5.74) is 5.11. The molecule has 1 aromatic heterocycles. The molecule has 1 saturated heterocycles. The minimum absolute atomic E-state index is 0.755. The van der Waals surface area contributed by atoms with Gasteiger partial charge in [0.05, 0.1) is 13.2 Å². The fourth-order valence-electron chi connectivity index (χ4n) is 3.84. The van der Waals surface area contributed by atoms with Crippen LogP contribution in [0.25, 0.3) is 10.9 Å². The molecular weight excluding hydrogens is 374 g/mol. The number of hydrogen-bond acceptors (Lipinski definition) is 3. The van der Waals surface area contributed by atoms with Crippen molar-refractivity contribution in [1.82, 2.24) is 20.5 Å². The summed E-state index contributed by atoms with van der Waals surface area (Å²) in [5.74, 6) is 0.826. The Kier molecular flexibility index (Phi) is 7.00. The predicted octanol–water partition coefficient (Wildman–Crippen LogP) is 2.91. The van der Waals surface area contributed by atoms with Gasteiger partial charge in [-0.05, 0) is 29.2 Å². The topological polar surface area (TPSA) is 64.7 Å². The quantitative estimate of drug-likeness (QED) is 0.418. The van der Waals surface area contributed by atoms with Crippen molar-refractivity contribution in [3.8, 4) is 0 Å². The average Bonchev–Trinajstić information content (AvgIpc) is 3.21. The summed E-state index contributed by atoms with van der Waals surface area (Å²) in [6, 6.07) is 17.3. The van der Waals surface area contributed by atoms with Gasteiger partial charge in [0.1, 0.15) is 0 Å². The Morgan fingerprint density at radius 1 is 1.03 bits per heavy atom. The Hall–Kier alpha value is -2.83. The summed E-state index contributed by atoms with van der Waals surface area (Å²) >= 11 is 0. The normalized spacial score (nSPS) is 15.4. The second-order valence-corrected chi connectivity index (χ2v) is 7.67. The molecule has 4 rings (SSSR count). The summed E-state index contributed by atoms with van der Waals surface area (Å²) in [7, 11) is 1.81. The fraction of sp³-hybridized carbons (Fsp3) is 0.375. The zero-order chi connectivity index (χ0) is 20.6. The van der Waals surface area contributed by atoms with Crippen LogP contribution in [0.15, 0.2) is 59.7 Å². The van der Waals surface area contributed by atoms with Crippen molar-refractivity contribution in [2.24, 2.45) is 4.99 Å². The molecule has 3 N–H and O–H groups in total. The molecule has 0 atom stereocenters. The molecule has 0 radical (unpaired) electrons. The first-order valence-electron chi connectivity index (χ1n) is 10.7. The van der Waals surface area contributed by atoms with Gasteiger partial charge in [-0.2, -0.15) is 0 Å². The zero-order valence-corrected chi connectivity index (χ0v) is 17.7. The molecular formula is C24H31N5O. The lowest BCUT2D eigenvalue weighted by Crippen LogP contribution is -2.37. The largest absolute Gasteiger partial charge is 0.379 e. The highest BCUT2D eigenvalue weighted by Gasteiger charge is 2.10. The highest BCUT2D eigenvalue weighted by molar-refractivity contribution is 5.83. The van der Waals surface area contributed by atoms with Crippen molar-refractivity contribution in [1.29, 1.82) is 0 Å². The first-order chi connectivity index (χ1) is 14.8. The summed E-state index contributed by atoms with van der Waals surface area (Å²) < 4.78 is 5.42. The van der Waals surface area contributed by atoms with Crippen molar-refractivity contribution in [2.75, 3.05) is 39.9 Å². The number of rotatable bonds is 7. The Balaban J connectivity index is 1.22. The van der Waals surface area contributed by atoms with Crippen LogP contribution in [0, 0.1) is 0 Å². The molecule has 0 saturated carbocycles. The van der Waals surface area contributed by atoms with Crippen LogP contribution >= 0.6 is 0 Å². The SMILES string of the molecule is CN=C(NCCc1c[nH]c2ccccc12)NCc1ccc(CN2CCOCC2)cc1. The minimum atomic E-state index is 0.755. The van der Waals surface area contributed by atoms with Crippen molar-refractivity contribution in [2.45, 2.75) is 19.5 Å². The maximum Gasteiger partial charge on any atom is 0.191 e. The van der Waals surface area contributed by atoms with Gasteiger partial charge in [0.15, 0.2) is 5.96 Å². The molecule has 3 aromatic rings. The summed E-state index contributed by atoms with van der Waals surface area (Å²) in [5, 5.41) is 8.11. The third kappa shape index (κ3) is 5.40. The smallest absolute Gasteiger partial charge is 0.191 e. The standard InChI is InChI=1S/C24H31N5O/c1-25-24(26-11-10-21-17-27-23-5-3-2-4-22(21)23)28-16-19-6-8-20(9-7-19)18-29-12-14-30-15-13-29/h2-9,17,27H,10-16,18H2,1H3,(H2,25,26,28). The zero-order valence-electron chi connectivity index (χ0n) is 17.7. The highest BCUT2D eigenvalue weighted by Crippen LogP contribution is 2.17. The van der Waals surface area contributed by atoms with E-state index in [2.05, 4.69) is 80.2 Å². The molecule has 0 aliphatic carbocycles. The van der Waals surface area contributed by atoms with E-state index in [9.17, 15) is 0 Å². The third-order valence-corrected chi connectivity index (χ3v) is 5.58. The molecule has 6 nitrogen and oxygen atoms in total. The number of para-hydroxylation sites is 1. The van der Waals surface area contributed by atoms with Crippen LogP contribution in [-0.4, -0.2) is 55.7 Å². The third-order valence-electron chi connectivity index (χ3n) is 5.58. The number of fused-ring (bicyclic) bond motifs is 1. The molecule has 2 aromatic carbocycles. The molecule has 0 bridgehead atoms. The van der Waals surface area contributed by atoms with Crippen LogP contribution in [0.1, 0.15) is 16.7 Å². The molecule has 1 fully saturated rings. The number of hydrogen-bond donors (Lipinski definition) is 3. The van der Waals surface area contributed by atoms with Crippen molar-refractivity contribution in [3.63, 3.8) is 0 Å². The van der Waals surface area contributed by atoms with E-state index < -0.39 is 0 Å². The number of nitrogens with zero attached hydrogens (tertiary/aromatic N) is 2. The lowest BCUT2D eigenvalue weighted by atomic mass is 10.1. The minimum Gasteiger partial charge on any atom is -0.379 e. The maximum absolute atomic E-state index is 5.42. The Labute approximate surface area is 178 Å². The van der Waals surface area contributed by atoms with E-state index in [1.807, 2.05) is 7.05 Å². The number of benzene rings is 2. The van der Waals surface area contributed by atoms with Crippen molar-refractivity contribution >= 4 is 16.9 Å². The molecule has 0 spiro atoms. The number of guanidine groups is 1. The molecule has 2 heterocycles. The van der Waals surface area contributed by atoms with E-state index in [1.165, 1.54) is 27.6 Å². The molecule has 1 aliphatic heterocycles. The predicted molar refractivity (Wildman–Crippen MR) is 123 cm³/mol. The van der Waals surface area contributed by atoms with Gasteiger partial charge in [-0.25, -0.2) is 0 Å². The Morgan fingerprint density at radius 3 is 2.60 bits per heavy atom. The average molecular weight is 406 g/mol. The lowest BCUT2D eigenvalue weighted by Gasteiger charge is -2.26. The van der Waals surface area contributed by atoms with E-state index in [-0.39, 0.29) is 0 Å². The number of aliphatic imine (C=N–C) groups is 1. The first kappa shape index (κ1) is 20.4. The molecule has 30 heavy (non-hydrogen) atoms. The van der Waals surface area contributed by atoms with Gasteiger partial charge >= 0.3 is 0 Å². The summed E-state index contributed by atoms with van der Waals surface area (Å²) in [6.07, 6.45) is 3.04. The van der Waals surface area contributed by atoms with E-state index >= 15 is 0 Å². The monoisotopic (exact) mass is 405 g/mol. The number of nitrogens with one attached hydrogen (secondary N) is 3. The van der Waals surface area contributed by atoms with E-state index in [1.54, 1.807) is 0 Å². The number of aromatic nitrogens is 1. The lowest BCUT2D eigenvalue weighted by molar-refractivity contribution is 0.0342. The molecule has 1 aliphatic rings. The van der Waals surface area contributed by atoms with Gasteiger partial charge in [-0.1, -0.05) is 42.5 Å². The van der Waals surface area contributed by atoms with Crippen LogP contribution < -0.4 is 10.6 Å². The molecule has 6 heteroatoms. The van der Waals surface area contributed by atoms with Crippen molar-refractivity contribution in [3.05, 3.63) is 71.4 Å². The Bertz CT molecular complexity index is 957. The van der Waals surface area contributed by atoms with Crippen LogP contribution in [0.5, 0.6) is 0 Å². The number of morpholine rings is 1. The van der Waals surface area contributed by atoms with Crippen LogP contribution in [0.3, 0.4) is 0 Å². The molecule has 158 valence electrons. The first-order valence-corrected chi connectivity index (χ1v) is 10.7. The van der Waals surface area contributed by atoms with Gasteiger partial charge in [0, 0.05) is 56.9 Å². The van der Waals surface area contributed by atoms with Gasteiger partial charge in [-0.15, -0.1) is 0 Å². The van der Waals surface area contributed by atoms with E-state index in [0.717, 1.165) is 58.3 Å². The fourth-order valence-corrected chi connectivity index (χ4v) is 3.84. The van der Waals surface area contributed by atoms with Gasteiger partial charge < -0.3 is 20.4 Å². The Morgan fingerprint density at radius 2 is 1.80 bits per heavy atom. The van der Waals surface area contributed by atoms with E-state index in [0.29, 0.717) is 0 Å². The second kappa shape index (κ2) is 10.3. The molecule has 0 amide bonds. The highest BCUT2D eigenvalue weighted by atomic mass is 16.5.